The minimum absolute atomic E-state index is 0.930. The van der Waals surface area contributed by atoms with E-state index in [0.717, 1.165) is 27.3 Å². The first-order valence-corrected chi connectivity index (χ1v) is 7.16. The Bertz CT molecular complexity index is 602. The molecular weight excluding hydrogens is 242 g/mol. The molecule has 96 valence electrons. The maximum atomic E-state index is 12.7. The van der Waals surface area contributed by atoms with Crippen molar-refractivity contribution in [2.24, 2.45) is 0 Å². The second kappa shape index (κ2) is 4.73. The normalized spacial score (nSPS) is 12.7. The highest BCUT2D eigenvalue weighted by atomic mass is 32.2. The maximum absolute atomic E-state index is 12.7. The van der Waals surface area contributed by atoms with Gasteiger partial charge in [0.25, 0.3) is 0 Å². The second-order valence-electron chi connectivity index (χ2n) is 4.96. The lowest BCUT2D eigenvalue weighted by atomic mass is 10.1. The van der Waals surface area contributed by atoms with Crippen LogP contribution >= 0.6 is 0 Å². The first kappa shape index (κ1) is 13.1. The highest BCUT2D eigenvalue weighted by Gasteiger charge is 2.14. The van der Waals surface area contributed by atoms with Gasteiger partial charge in [0.2, 0.25) is 0 Å². The van der Waals surface area contributed by atoms with Crippen molar-refractivity contribution in [3.05, 3.63) is 52.3 Å². The molecule has 1 aromatic heterocycles. The Kier molecular flexibility index (Phi) is 3.44. The molecule has 1 atom stereocenters. The molecule has 1 unspecified atom stereocenters. The largest absolute Gasteiger partial charge is 0.267 e. The van der Waals surface area contributed by atoms with Gasteiger partial charge in [-0.15, -0.1) is 0 Å². The van der Waals surface area contributed by atoms with E-state index in [1.807, 2.05) is 37.9 Å². The van der Waals surface area contributed by atoms with Gasteiger partial charge in [-0.25, -0.2) is 4.21 Å². The van der Waals surface area contributed by atoms with Crippen molar-refractivity contribution in [1.82, 2.24) is 3.97 Å². The third-order valence-corrected chi connectivity index (χ3v) is 4.81. The van der Waals surface area contributed by atoms with E-state index in [9.17, 15) is 4.21 Å². The zero-order valence-corrected chi connectivity index (χ0v) is 12.4. The summed E-state index contributed by atoms with van der Waals surface area (Å²) in [5, 5.41) is 0. The van der Waals surface area contributed by atoms with Crippen LogP contribution in [0.3, 0.4) is 0 Å². The summed E-state index contributed by atoms with van der Waals surface area (Å²) in [6.07, 6.45) is 1.95. The molecule has 1 aromatic carbocycles. The summed E-state index contributed by atoms with van der Waals surface area (Å²) in [5.41, 5.74) is 5.58. The van der Waals surface area contributed by atoms with Crippen molar-refractivity contribution < 1.29 is 4.21 Å². The molecule has 0 aliphatic heterocycles. The smallest absolute Gasteiger partial charge is 0.157 e. The van der Waals surface area contributed by atoms with Crippen LogP contribution in [-0.4, -0.2) is 8.18 Å². The van der Waals surface area contributed by atoms with E-state index < -0.39 is 11.0 Å². The molecule has 18 heavy (non-hydrogen) atoms. The van der Waals surface area contributed by atoms with Gasteiger partial charge in [-0.2, -0.15) is 0 Å². The van der Waals surface area contributed by atoms with E-state index in [1.165, 1.54) is 5.56 Å². The van der Waals surface area contributed by atoms with Crippen LogP contribution in [0.5, 0.6) is 0 Å². The molecule has 0 amide bonds. The van der Waals surface area contributed by atoms with Crippen molar-refractivity contribution in [3.8, 4) is 0 Å². The Morgan fingerprint density at radius 1 is 0.889 bits per heavy atom. The molecule has 0 radical (unpaired) electrons. The third-order valence-electron chi connectivity index (χ3n) is 3.06. The Balaban J connectivity index is 2.56. The van der Waals surface area contributed by atoms with E-state index in [-0.39, 0.29) is 0 Å². The molecular formula is C15H19NOS. The van der Waals surface area contributed by atoms with Gasteiger partial charge in [0, 0.05) is 11.9 Å². The number of aryl methyl sites for hydroxylation is 5. The van der Waals surface area contributed by atoms with E-state index in [4.69, 9.17) is 0 Å². The molecule has 0 saturated heterocycles. The fraction of sp³-hybridized carbons (Fsp3) is 0.333. The van der Waals surface area contributed by atoms with Crippen LogP contribution < -0.4 is 0 Å². The number of rotatable bonds is 2. The predicted octanol–water partition coefficient (Wildman–Crippen LogP) is 3.60. The Morgan fingerprint density at radius 2 is 1.44 bits per heavy atom. The fourth-order valence-corrected chi connectivity index (χ4v) is 3.88. The Hall–Kier alpha value is -1.35. The highest BCUT2D eigenvalue weighted by molar-refractivity contribution is 7.83. The van der Waals surface area contributed by atoms with Gasteiger partial charge in [-0.1, -0.05) is 17.7 Å². The molecule has 0 fully saturated rings. The van der Waals surface area contributed by atoms with Gasteiger partial charge in [0.15, 0.2) is 11.0 Å². The molecule has 3 heteroatoms. The average molecular weight is 261 g/mol. The van der Waals surface area contributed by atoms with E-state index >= 15 is 0 Å². The molecule has 2 rings (SSSR count). The summed E-state index contributed by atoms with van der Waals surface area (Å²) < 4.78 is 14.6. The number of nitrogens with zero attached hydrogens (tertiary/aromatic N) is 1. The summed E-state index contributed by atoms with van der Waals surface area (Å²) >= 11 is 0. The van der Waals surface area contributed by atoms with E-state index in [0.29, 0.717) is 0 Å². The lowest BCUT2D eigenvalue weighted by Crippen LogP contribution is -2.08. The lowest BCUT2D eigenvalue weighted by molar-refractivity contribution is 0.675. The van der Waals surface area contributed by atoms with Crippen LogP contribution in [0.2, 0.25) is 0 Å². The van der Waals surface area contributed by atoms with E-state index in [1.54, 1.807) is 0 Å². The Morgan fingerprint density at radius 3 is 1.89 bits per heavy atom. The maximum Gasteiger partial charge on any atom is 0.157 e. The predicted molar refractivity (Wildman–Crippen MR) is 76.4 cm³/mol. The Labute approximate surface area is 111 Å². The van der Waals surface area contributed by atoms with Gasteiger partial charge >= 0.3 is 0 Å². The van der Waals surface area contributed by atoms with Crippen molar-refractivity contribution >= 4 is 11.0 Å². The summed E-state index contributed by atoms with van der Waals surface area (Å²) in [5.74, 6) is 0. The fourth-order valence-electron chi connectivity index (χ4n) is 2.44. The monoisotopic (exact) mass is 261 g/mol. The zero-order chi connectivity index (χ0) is 13.4. The van der Waals surface area contributed by atoms with Crippen LogP contribution in [0.15, 0.2) is 29.3 Å². The lowest BCUT2D eigenvalue weighted by Gasteiger charge is -2.12. The summed E-state index contributed by atoms with van der Waals surface area (Å²) in [6.45, 7) is 10.1. The van der Waals surface area contributed by atoms with Crippen molar-refractivity contribution in [1.29, 1.82) is 0 Å². The number of hydrogen-bond acceptors (Lipinski definition) is 1. The summed E-state index contributed by atoms with van der Waals surface area (Å²) in [6, 6.07) is 6.23. The highest BCUT2D eigenvalue weighted by Crippen LogP contribution is 2.23. The standard InChI is InChI=1S/C15H19NOS/c1-10-6-12(3)15(13(4)7-10)18(17)16-9-11(2)8-14(16)5/h6-9H,1-5H3. The number of aromatic nitrogens is 1. The van der Waals surface area contributed by atoms with Gasteiger partial charge in [0.05, 0.1) is 4.90 Å². The first-order valence-electron chi connectivity index (χ1n) is 6.06. The topological polar surface area (TPSA) is 22.0 Å². The van der Waals surface area contributed by atoms with E-state index in [2.05, 4.69) is 25.1 Å². The van der Waals surface area contributed by atoms with Crippen molar-refractivity contribution in [2.45, 2.75) is 39.5 Å². The molecule has 2 nitrogen and oxygen atoms in total. The molecule has 0 aliphatic rings. The van der Waals surface area contributed by atoms with Gasteiger partial charge in [0.1, 0.15) is 0 Å². The van der Waals surface area contributed by atoms with Crippen molar-refractivity contribution in [2.75, 3.05) is 0 Å². The third kappa shape index (κ3) is 2.27. The zero-order valence-electron chi connectivity index (χ0n) is 11.6. The van der Waals surface area contributed by atoms with Crippen LogP contribution in [0, 0.1) is 34.6 Å². The second-order valence-corrected chi connectivity index (χ2v) is 6.26. The first-order chi connectivity index (χ1) is 8.40. The molecule has 2 aromatic rings. The van der Waals surface area contributed by atoms with Gasteiger partial charge in [-0.05, 0) is 57.4 Å². The number of hydrogen-bond donors (Lipinski definition) is 0. The van der Waals surface area contributed by atoms with Crippen LogP contribution in [-0.2, 0) is 11.0 Å². The van der Waals surface area contributed by atoms with Crippen LogP contribution in [0.4, 0.5) is 0 Å². The van der Waals surface area contributed by atoms with Gasteiger partial charge in [-0.3, -0.25) is 3.97 Å². The minimum Gasteiger partial charge on any atom is -0.267 e. The van der Waals surface area contributed by atoms with Gasteiger partial charge < -0.3 is 0 Å². The molecule has 0 N–H and O–H groups in total. The molecule has 0 saturated carbocycles. The van der Waals surface area contributed by atoms with Crippen molar-refractivity contribution in [3.63, 3.8) is 0 Å². The quantitative estimate of drug-likeness (QED) is 0.809. The molecule has 1 heterocycles. The minimum atomic E-state index is -1.15. The van der Waals surface area contributed by atoms with Crippen LogP contribution in [0.1, 0.15) is 27.9 Å². The van der Waals surface area contributed by atoms with Crippen LogP contribution in [0.25, 0.3) is 0 Å². The SMILES string of the molecule is Cc1cc(C)c(S(=O)n2cc(C)cc2C)c(C)c1. The summed E-state index contributed by atoms with van der Waals surface area (Å²) in [7, 11) is -1.15. The molecule has 0 bridgehead atoms. The molecule has 0 spiro atoms. The summed E-state index contributed by atoms with van der Waals surface area (Å²) in [4.78, 5) is 0.930. The molecule has 0 aliphatic carbocycles. The average Bonchev–Trinajstić information content (AvgIpc) is 2.56. The number of benzene rings is 1.